The molecule has 1 saturated heterocycles. The maximum Gasteiger partial charge on any atom is 0.0491 e. The van der Waals surface area contributed by atoms with Crippen molar-refractivity contribution >= 4 is 15.9 Å². The van der Waals surface area contributed by atoms with Crippen LogP contribution in [0, 0.1) is 0 Å². The smallest absolute Gasteiger partial charge is 0.0491 e. The Balaban J connectivity index is 2.27. The SMILES string of the molecule is CC1(C)CCCN1C(CN)c1cncc(Br)c1. The van der Waals surface area contributed by atoms with Crippen LogP contribution in [0.1, 0.15) is 38.3 Å². The Morgan fingerprint density at radius 3 is 2.82 bits per heavy atom. The number of aromatic nitrogens is 1. The van der Waals surface area contributed by atoms with E-state index in [0.717, 1.165) is 11.0 Å². The van der Waals surface area contributed by atoms with Crippen molar-refractivity contribution in [3.8, 4) is 0 Å². The summed E-state index contributed by atoms with van der Waals surface area (Å²) in [4.78, 5) is 6.75. The van der Waals surface area contributed by atoms with Gasteiger partial charge < -0.3 is 5.73 Å². The summed E-state index contributed by atoms with van der Waals surface area (Å²) in [7, 11) is 0. The molecule has 1 aliphatic rings. The van der Waals surface area contributed by atoms with Crippen molar-refractivity contribution in [2.24, 2.45) is 5.73 Å². The van der Waals surface area contributed by atoms with Crippen LogP contribution in [0.15, 0.2) is 22.9 Å². The first-order chi connectivity index (χ1) is 8.04. The summed E-state index contributed by atoms with van der Waals surface area (Å²) < 4.78 is 1.02. The van der Waals surface area contributed by atoms with E-state index in [2.05, 4.69) is 45.7 Å². The number of halogens is 1. The van der Waals surface area contributed by atoms with E-state index >= 15 is 0 Å². The molecular formula is C13H20BrN3. The van der Waals surface area contributed by atoms with Crippen molar-refractivity contribution in [3.63, 3.8) is 0 Å². The van der Waals surface area contributed by atoms with Gasteiger partial charge in [0.15, 0.2) is 0 Å². The van der Waals surface area contributed by atoms with Gasteiger partial charge in [0.25, 0.3) is 0 Å². The highest BCUT2D eigenvalue weighted by atomic mass is 79.9. The Bertz CT molecular complexity index is 392. The van der Waals surface area contributed by atoms with Gasteiger partial charge >= 0.3 is 0 Å². The summed E-state index contributed by atoms with van der Waals surface area (Å²) in [5.41, 5.74) is 7.42. The predicted molar refractivity (Wildman–Crippen MR) is 73.8 cm³/mol. The number of rotatable bonds is 3. The molecule has 1 unspecified atom stereocenters. The third-order valence-corrected chi connectivity index (χ3v) is 4.11. The number of nitrogens with zero attached hydrogens (tertiary/aromatic N) is 2. The Morgan fingerprint density at radius 2 is 2.29 bits per heavy atom. The molecular weight excluding hydrogens is 278 g/mol. The van der Waals surface area contributed by atoms with Crippen LogP contribution in [0.4, 0.5) is 0 Å². The lowest BCUT2D eigenvalue weighted by Crippen LogP contribution is -2.43. The first kappa shape index (κ1) is 13.0. The molecule has 4 heteroatoms. The number of nitrogens with two attached hydrogens (primary N) is 1. The first-order valence-electron chi connectivity index (χ1n) is 6.12. The van der Waals surface area contributed by atoms with E-state index in [1.165, 1.54) is 18.4 Å². The molecule has 1 fully saturated rings. The summed E-state index contributed by atoms with van der Waals surface area (Å²) in [5, 5.41) is 0. The topological polar surface area (TPSA) is 42.1 Å². The maximum absolute atomic E-state index is 5.97. The zero-order valence-corrected chi connectivity index (χ0v) is 12.1. The fraction of sp³-hybridized carbons (Fsp3) is 0.615. The second kappa shape index (κ2) is 5.04. The van der Waals surface area contributed by atoms with Crippen LogP contribution in [0.5, 0.6) is 0 Å². The summed E-state index contributed by atoms with van der Waals surface area (Å²) >= 11 is 3.47. The van der Waals surface area contributed by atoms with Crippen molar-refractivity contribution in [3.05, 3.63) is 28.5 Å². The lowest BCUT2D eigenvalue weighted by molar-refractivity contribution is 0.119. The fourth-order valence-electron chi connectivity index (χ4n) is 2.76. The summed E-state index contributed by atoms with van der Waals surface area (Å²) in [6, 6.07) is 2.40. The molecule has 0 saturated carbocycles. The van der Waals surface area contributed by atoms with Gasteiger partial charge in [-0.15, -0.1) is 0 Å². The van der Waals surface area contributed by atoms with Crippen LogP contribution in [0.3, 0.4) is 0 Å². The summed E-state index contributed by atoms with van der Waals surface area (Å²) in [5.74, 6) is 0. The normalized spacial score (nSPS) is 21.6. The van der Waals surface area contributed by atoms with E-state index in [9.17, 15) is 0 Å². The van der Waals surface area contributed by atoms with E-state index in [1.807, 2.05) is 12.4 Å². The van der Waals surface area contributed by atoms with E-state index in [0.29, 0.717) is 6.54 Å². The third kappa shape index (κ3) is 2.69. The fourth-order valence-corrected chi connectivity index (χ4v) is 3.14. The molecule has 0 aromatic carbocycles. The van der Waals surface area contributed by atoms with Crippen LogP contribution < -0.4 is 5.73 Å². The molecule has 1 aliphatic heterocycles. The molecule has 0 amide bonds. The Kier molecular flexibility index (Phi) is 3.85. The quantitative estimate of drug-likeness (QED) is 0.933. The molecule has 2 rings (SSSR count). The molecule has 0 aliphatic carbocycles. The van der Waals surface area contributed by atoms with Gasteiger partial charge in [0.05, 0.1) is 0 Å². The van der Waals surface area contributed by atoms with Gasteiger partial charge in [0.2, 0.25) is 0 Å². The summed E-state index contributed by atoms with van der Waals surface area (Å²) in [6.07, 6.45) is 6.23. The molecule has 94 valence electrons. The van der Waals surface area contributed by atoms with Crippen LogP contribution in [0.2, 0.25) is 0 Å². The maximum atomic E-state index is 5.97. The van der Waals surface area contributed by atoms with E-state index < -0.39 is 0 Å². The zero-order valence-electron chi connectivity index (χ0n) is 10.5. The molecule has 0 spiro atoms. The lowest BCUT2D eigenvalue weighted by atomic mass is 9.98. The van der Waals surface area contributed by atoms with Crippen molar-refractivity contribution in [1.29, 1.82) is 0 Å². The highest BCUT2D eigenvalue weighted by Crippen LogP contribution is 2.36. The molecule has 1 aromatic heterocycles. The molecule has 3 nitrogen and oxygen atoms in total. The average molecular weight is 298 g/mol. The highest BCUT2D eigenvalue weighted by molar-refractivity contribution is 9.10. The Hall–Kier alpha value is -0.450. The molecule has 0 bridgehead atoms. The van der Waals surface area contributed by atoms with Crippen molar-refractivity contribution in [2.45, 2.75) is 38.3 Å². The van der Waals surface area contributed by atoms with E-state index in [4.69, 9.17) is 5.73 Å². The largest absolute Gasteiger partial charge is 0.329 e. The second-order valence-electron chi connectivity index (χ2n) is 5.30. The van der Waals surface area contributed by atoms with Crippen molar-refractivity contribution in [2.75, 3.05) is 13.1 Å². The number of likely N-dealkylation sites (tertiary alicyclic amines) is 1. The van der Waals surface area contributed by atoms with Gasteiger partial charge in [-0.3, -0.25) is 9.88 Å². The minimum absolute atomic E-state index is 0.242. The second-order valence-corrected chi connectivity index (χ2v) is 6.21. The Morgan fingerprint density at radius 1 is 1.53 bits per heavy atom. The van der Waals surface area contributed by atoms with Gasteiger partial charge in [-0.25, -0.2) is 0 Å². The van der Waals surface area contributed by atoms with Crippen LogP contribution in [0.25, 0.3) is 0 Å². The molecule has 2 heterocycles. The van der Waals surface area contributed by atoms with Crippen LogP contribution >= 0.6 is 15.9 Å². The lowest BCUT2D eigenvalue weighted by Gasteiger charge is -2.38. The number of hydrogen-bond donors (Lipinski definition) is 1. The summed E-state index contributed by atoms with van der Waals surface area (Å²) in [6.45, 7) is 6.37. The molecule has 1 atom stereocenters. The van der Waals surface area contributed by atoms with Crippen LogP contribution in [-0.4, -0.2) is 28.5 Å². The molecule has 2 N–H and O–H groups in total. The first-order valence-corrected chi connectivity index (χ1v) is 6.91. The average Bonchev–Trinajstić information content (AvgIpc) is 2.60. The van der Waals surface area contributed by atoms with E-state index in [1.54, 1.807) is 0 Å². The molecule has 0 radical (unpaired) electrons. The third-order valence-electron chi connectivity index (χ3n) is 3.68. The Labute approximate surface area is 112 Å². The standard InChI is InChI=1S/C13H20BrN3/c1-13(2)4-3-5-17(13)12(7-15)10-6-11(14)9-16-8-10/h6,8-9,12H,3-5,7,15H2,1-2H3. The highest BCUT2D eigenvalue weighted by Gasteiger charge is 2.36. The zero-order chi connectivity index (χ0) is 12.5. The minimum atomic E-state index is 0.242. The van der Waals surface area contributed by atoms with E-state index in [-0.39, 0.29) is 11.6 Å². The van der Waals surface area contributed by atoms with Crippen LogP contribution in [-0.2, 0) is 0 Å². The van der Waals surface area contributed by atoms with Gasteiger partial charge in [0, 0.05) is 35.0 Å². The minimum Gasteiger partial charge on any atom is -0.329 e. The number of pyridine rings is 1. The van der Waals surface area contributed by atoms with Gasteiger partial charge in [-0.2, -0.15) is 0 Å². The van der Waals surface area contributed by atoms with Crippen molar-refractivity contribution < 1.29 is 0 Å². The van der Waals surface area contributed by atoms with Gasteiger partial charge in [-0.1, -0.05) is 0 Å². The predicted octanol–water partition coefficient (Wildman–Crippen LogP) is 2.72. The molecule has 1 aromatic rings. The number of hydrogen-bond acceptors (Lipinski definition) is 3. The van der Waals surface area contributed by atoms with Gasteiger partial charge in [-0.05, 0) is 60.8 Å². The monoisotopic (exact) mass is 297 g/mol. The molecule has 17 heavy (non-hydrogen) atoms. The van der Waals surface area contributed by atoms with Gasteiger partial charge in [0.1, 0.15) is 0 Å². The van der Waals surface area contributed by atoms with Crippen molar-refractivity contribution in [1.82, 2.24) is 9.88 Å².